The lowest BCUT2D eigenvalue weighted by atomic mass is 10.2. The number of hydrogen-bond acceptors (Lipinski definition) is 6. The van der Waals surface area contributed by atoms with Crippen molar-refractivity contribution in [3.05, 3.63) is 23.9 Å². The van der Waals surface area contributed by atoms with E-state index >= 15 is 0 Å². The van der Waals surface area contributed by atoms with E-state index in [0.29, 0.717) is 6.07 Å². The van der Waals surface area contributed by atoms with Crippen LogP contribution in [0.2, 0.25) is 0 Å². The van der Waals surface area contributed by atoms with Crippen molar-refractivity contribution in [3.8, 4) is 11.5 Å². The minimum atomic E-state index is -5.86. The Morgan fingerprint density at radius 1 is 1.21 bits per heavy atom. The van der Waals surface area contributed by atoms with Crippen LogP contribution in [0.15, 0.2) is 23.1 Å². The van der Waals surface area contributed by atoms with Crippen molar-refractivity contribution in [2.45, 2.75) is 23.9 Å². The van der Waals surface area contributed by atoms with Crippen molar-refractivity contribution in [1.82, 2.24) is 30.0 Å². The zero-order valence-corrected chi connectivity index (χ0v) is 18.6. The zero-order chi connectivity index (χ0) is 24.7. The number of pyridine rings is 1. The van der Waals surface area contributed by atoms with Crippen LogP contribution in [0.5, 0.6) is 0 Å². The maximum atomic E-state index is 13.7. The predicted molar refractivity (Wildman–Crippen MR) is 109 cm³/mol. The number of nitrogens with zero attached hydrogens (tertiary/aromatic N) is 6. The second kappa shape index (κ2) is 8.70. The summed E-state index contributed by atoms with van der Waals surface area (Å²) in [5, 5.41) is 8.96. The Morgan fingerprint density at radius 3 is 2.45 bits per heavy atom. The van der Waals surface area contributed by atoms with Gasteiger partial charge in [0.25, 0.3) is 0 Å². The minimum absolute atomic E-state index is 0.00395. The second-order valence-electron chi connectivity index (χ2n) is 6.77. The molecule has 0 aromatic carbocycles. The van der Waals surface area contributed by atoms with Gasteiger partial charge in [0.05, 0.1) is 0 Å². The van der Waals surface area contributed by atoms with E-state index in [1.165, 1.54) is 42.7 Å². The van der Waals surface area contributed by atoms with Gasteiger partial charge >= 0.3 is 18.1 Å². The Bertz CT molecular complexity index is 1200. The van der Waals surface area contributed by atoms with E-state index in [0.717, 1.165) is 0 Å². The molecule has 0 saturated heterocycles. The summed E-state index contributed by atoms with van der Waals surface area (Å²) in [6, 6.07) is 2.94. The van der Waals surface area contributed by atoms with Crippen LogP contribution in [0.3, 0.4) is 0 Å². The summed E-state index contributed by atoms with van der Waals surface area (Å²) in [6.45, 7) is 1.66. The first-order valence-corrected chi connectivity index (χ1v) is 10.7. The summed E-state index contributed by atoms with van der Waals surface area (Å²) in [5.74, 6) is -4.86. The third kappa shape index (κ3) is 4.29. The minimum Gasteiger partial charge on any atom is -0.611 e. The average molecular weight is 491 g/mol. The predicted octanol–water partition coefficient (Wildman–Crippen LogP) is 2.98. The highest BCUT2D eigenvalue weighted by Crippen LogP contribution is 2.43. The molecule has 0 aliphatic carbocycles. The lowest BCUT2D eigenvalue weighted by Gasteiger charge is -2.18. The van der Waals surface area contributed by atoms with Gasteiger partial charge in [-0.25, -0.2) is 14.8 Å². The summed E-state index contributed by atoms with van der Waals surface area (Å²) >= 11 is -1.54. The maximum Gasteiger partial charge on any atom is 0.459 e. The Morgan fingerprint density at radius 2 is 1.88 bits per heavy atom. The first-order chi connectivity index (χ1) is 15.3. The van der Waals surface area contributed by atoms with E-state index in [1.807, 2.05) is 0 Å². The molecule has 0 saturated carbocycles. The van der Waals surface area contributed by atoms with E-state index in [9.17, 15) is 31.3 Å². The van der Waals surface area contributed by atoms with Crippen LogP contribution in [0.25, 0.3) is 22.7 Å². The molecule has 9 nitrogen and oxygen atoms in total. The number of urea groups is 1. The van der Waals surface area contributed by atoms with Crippen LogP contribution < -0.4 is 10.2 Å². The summed E-state index contributed by atoms with van der Waals surface area (Å²) in [7, 11) is 4.28. The van der Waals surface area contributed by atoms with Crippen LogP contribution in [0.4, 0.5) is 32.6 Å². The van der Waals surface area contributed by atoms with Crippen molar-refractivity contribution in [2.24, 2.45) is 7.05 Å². The number of aryl methyl sites for hydroxylation is 1. The van der Waals surface area contributed by atoms with Gasteiger partial charge in [0.1, 0.15) is 22.8 Å². The molecular weight excluding hydrogens is 473 g/mol. The molecular formula is C18H18F5N7O2S. The highest BCUT2D eigenvalue weighted by Gasteiger charge is 2.60. The van der Waals surface area contributed by atoms with Gasteiger partial charge in [-0.1, -0.05) is 0 Å². The highest BCUT2D eigenvalue weighted by atomic mass is 32.2. The fourth-order valence-electron chi connectivity index (χ4n) is 2.89. The molecule has 3 rings (SSSR count). The van der Waals surface area contributed by atoms with Crippen LogP contribution in [0.1, 0.15) is 12.6 Å². The first-order valence-electron chi connectivity index (χ1n) is 9.33. The monoisotopic (exact) mass is 491 g/mol. The molecule has 3 heterocycles. The van der Waals surface area contributed by atoms with Gasteiger partial charge in [-0.2, -0.15) is 22.0 Å². The number of carbonyl (C=O) groups is 1. The maximum absolute atomic E-state index is 13.7. The molecule has 0 fully saturated rings. The fraction of sp³-hybridized carbons (Fsp3) is 0.389. The third-order valence-electron chi connectivity index (χ3n) is 4.72. The Balaban J connectivity index is 2.22. The van der Waals surface area contributed by atoms with Crippen molar-refractivity contribution >= 4 is 34.2 Å². The quantitative estimate of drug-likeness (QED) is 0.434. The van der Waals surface area contributed by atoms with Crippen LogP contribution >= 0.6 is 0 Å². The topological polar surface area (TPSA) is 112 Å². The molecule has 0 spiro atoms. The van der Waals surface area contributed by atoms with Gasteiger partial charge < -0.3 is 14.4 Å². The van der Waals surface area contributed by atoms with Gasteiger partial charge in [-0.05, 0) is 36.3 Å². The van der Waals surface area contributed by atoms with Crippen molar-refractivity contribution in [1.29, 1.82) is 0 Å². The molecule has 1 unspecified atom stereocenters. The summed E-state index contributed by atoms with van der Waals surface area (Å²) < 4.78 is 79.5. The van der Waals surface area contributed by atoms with E-state index in [4.69, 9.17) is 0 Å². The average Bonchev–Trinajstić information content (AvgIpc) is 3.11. The fourth-order valence-corrected chi connectivity index (χ4v) is 3.77. The number of rotatable bonds is 5. The number of anilines is 1. The molecule has 3 aromatic rings. The molecule has 2 amide bonds. The van der Waals surface area contributed by atoms with Gasteiger partial charge in [-0.15, -0.1) is 10.2 Å². The number of alkyl halides is 5. The van der Waals surface area contributed by atoms with Crippen molar-refractivity contribution in [2.75, 3.05) is 24.7 Å². The summed E-state index contributed by atoms with van der Waals surface area (Å²) in [5.41, 5.74) is -1.94. The van der Waals surface area contributed by atoms with E-state index in [1.54, 1.807) is 6.92 Å². The van der Waals surface area contributed by atoms with Gasteiger partial charge in [0.15, 0.2) is 22.1 Å². The van der Waals surface area contributed by atoms with Crippen molar-refractivity contribution in [3.63, 3.8) is 0 Å². The van der Waals surface area contributed by atoms with Crippen LogP contribution in [0, 0.1) is 0 Å². The Kier molecular flexibility index (Phi) is 6.48. The number of fused-ring (bicyclic) bond motifs is 1. The Labute approximate surface area is 187 Å². The van der Waals surface area contributed by atoms with Crippen molar-refractivity contribution < 1.29 is 31.3 Å². The lowest BCUT2D eigenvalue weighted by molar-refractivity contribution is -0.291. The lowest BCUT2D eigenvalue weighted by Crippen LogP contribution is -2.35. The molecule has 0 bridgehead atoms. The third-order valence-corrected chi connectivity index (χ3v) is 6.06. The van der Waals surface area contributed by atoms with Gasteiger partial charge in [-0.3, -0.25) is 4.90 Å². The second-order valence-corrected chi connectivity index (χ2v) is 8.48. The largest absolute Gasteiger partial charge is 0.611 e. The number of nitrogens with one attached hydrogen (secondary N) is 1. The molecule has 0 aliphatic heterocycles. The normalized spacial score (nSPS) is 13.3. The van der Waals surface area contributed by atoms with E-state index < -0.39 is 35.0 Å². The van der Waals surface area contributed by atoms with E-state index in [-0.39, 0.29) is 39.1 Å². The molecule has 1 N–H and O–H groups in total. The van der Waals surface area contributed by atoms with Crippen LogP contribution in [-0.4, -0.2) is 61.3 Å². The van der Waals surface area contributed by atoms with Gasteiger partial charge in [0, 0.05) is 21.1 Å². The number of hydrogen-bond donors (Lipinski definition) is 1. The number of carbonyl (C=O) groups excluding carboxylic acids is 1. The number of imidazole rings is 1. The van der Waals surface area contributed by atoms with E-state index in [2.05, 4.69) is 25.5 Å². The molecule has 3 aromatic heterocycles. The number of halogens is 5. The van der Waals surface area contributed by atoms with Crippen LogP contribution in [-0.2, 0) is 24.1 Å². The molecule has 0 aliphatic rings. The molecule has 178 valence electrons. The number of amides is 2. The highest BCUT2D eigenvalue weighted by molar-refractivity contribution is 7.91. The summed E-state index contributed by atoms with van der Waals surface area (Å²) in [4.78, 5) is 21.9. The van der Waals surface area contributed by atoms with Gasteiger partial charge in [0.2, 0.25) is 0 Å². The SMILES string of the molecule is CC[S+]([O-])c1ccc(N(C)C(=O)NC)nc1-c1nc2cc(C(F)(F)C(F)(F)F)nnc2n1C. The smallest absolute Gasteiger partial charge is 0.459 e. The summed E-state index contributed by atoms with van der Waals surface area (Å²) in [6.07, 6.45) is -5.86. The molecule has 0 radical (unpaired) electrons. The zero-order valence-electron chi connectivity index (χ0n) is 17.7. The standard InChI is InChI=1S/C18H18F5N7O2S/c1-5-33(32)10-6-7-12(29(3)16(31)24-2)26-13(10)15-25-9-8-11(17(19,20)18(21,22)23)27-28-14(9)30(15)4/h6-8H,5H2,1-4H3,(H,24,31). The molecule has 33 heavy (non-hydrogen) atoms. The Hall–Kier alpha value is -3.07. The molecule has 1 atom stereocenters. The molecule has 15 heteroatoms. The first kappa shape index (κ1) is 24.6. The number of aromatic nitrogens is 5.